The number of aliphatic hydroxyl groups excluding tert-OH is 1. The maximum absolute atomic E-state index is 11.8. The van der Waals surface area contributed by atoms with Gasteiger partial charge in [0, 0.05) is 11.6 Å². The number of aliphatic hydroxyl groups is 1. The molecular weight excluding hydrogens is 262 g/mol. The lowest BCUT2D eigenvalue weighted by atomic mass is 9.73. The molecule has 0 saturated heterocycles. The van der Waals surface area contributed by atoms with E-state index in [1.165, 1.54) is 0 Å². The summed E-state index contributed by atoms with van der Waals surface area (Å²) >= 11 is 5.88. The van der Waals surface area contributed by atoms with Gasteiger partial charge in [0.25, 0.3) is 0 Å². The van der Waals surface area contributed by atoms with Crippen LogP contribution in [0.5, 0.6) is 0 Å². The number of amides is 1. The highest BCUT2D eigenvalue weighted by atomic mass is 35.5. The summed E-state index contributed by atoms with van der Waals surface area (Å²) in [5.74, 6) is 0.156. The van der Waals surface area contributed by atoms with Crippen LogP contribution in [-0.4, -0.2) is 17.6 Å². The summed E-state index contributed by atoms with van der Waals surface area (Å²) in [6, 6.07) is 7.37. The third-order valence-corrected chi connectivity index (χ3v) is 4.41. The molecule has 2 rings (SSSR count). The van der Waals surface area contributed by atoms with Crippen molar-refractivity contribution in [3.63, 3.8) is 0 Å². The summed E-state index contributed by atoms with van der Waals surface area (Å²) in [4.78, 5) is 11.8. The van der Waals surface area contributed by atoms with Crippen LogP contribution < -0.4 is 5.73 Å². The molecule has 1 aromatic rings. The first-order chi connectivity index (χ1) is 9.11. The molecule has 0 aromatic heterocycles. The van der Waals surface area contributed by atoms with Gasteiger partial charge in [-0.05, 0) is 55.2 Å². The number of primary amides is 1. The van der Waals surface area contributed by atoms with Crippen molar-refractivity contribution in [1.82, 2.24) is 0 Å². The lowest BCUT2D eigenvalue weighted by molar-refractivity contribution is -0.121. The second-order valence-electron chi connectivity index (χ2n) is 5.39. The first-order valence-corrected chi connectivity index (χ1v) is 7.15. The normalized spacial score (nSPS) is 24.9. The van der Waals surface area contributed by atoms with Crippen molar-refractivity contribution in [3.05, 3.63) is 34.9 Å². The van der Waals surface area contributed by atoms with Crippen LogP contribution in [0.25, 0.3) is 0 Å². The summed E-state index contributed by atoms with van der Waals surface area (Å²) in [7, 11) is 0. The Balaban J connectivity index is 2.13. The van der Waals surface area contributed by atoms with Crippen LogP contribution in [0.4, 0.5) is 0 Å². The Morgan fingerprint density at radius 2 is 1.84 bits per heavy atom. The molecule has 19 heavy (non-hydrogen) atoms. The van der Waals surface area contributed by atoms with E-state index in [1.807, 2.05) is 12.1 Å². The maximum Gasteiger partial charge on any atom is 0.225 e. The molecule has 0 heterocycles. The minimum absolute atomic E-state index is 0.239. The molecule has 0 bridgehead atoms. The molecule has 1 unspecified atom stereocenters. The Morgan fingerprint density at radius 1 is 1.26 bits per heavy atom. The number of rotatable bonds is 4. The monoisotopic (exact) mass is 281 g/mol. The summed E-state index contributed by atoms with van der Waals surface area (Å²) in [6.07, 6.45) is 3.83. The van der Waals surface area contributed by atoms with Gasteiger partial charge >= 0.3 is 0 Å². The predicted octanol–water partition coefficient (Wildman–Crippen LogP) is 2.71. The summed E-state index contributed by atoms with van der Waals surface area (Å²) in [5, 5.41) is 9.83. The van der Waals surface area contributed by atoms with Gasteiger partial charge in [-0.15, -0.1) is 0 Å². The Hall–Kier alpha value is -1.06. The Labute approximate surface area is 118 Å². The second kappa shape index (κ2) is 6.40. The van der Waals surface area contributed by atoms with E-state index in [4.69, 9.17) is 22.4 Å². The fourth-order valence-corrected chi connectivity index (χ4v) is 3.17. The smallest absolute Gasteiger partial charge is 0.225 e. The number of carbonyl (C=O) groups is 1. The molecule has 1 aromatic carbocycles. The van der Waals surface area contributed by atoms with Crippen molar-refractivity contribution in [3.8, 4) is 0 Å². The van der Waals surface area contributed by atoms with Gasteiger partial charge in [-0.2, -0.15) is 0 Å². The van der Waals surface area contributed by atoms with E-state index >= 15 is 0 Å². The molecule has 1 aliphatic rings. The third-order valence-electron chi connectivity index (χ3n) is 4.16. The highest BCUT2D eigenvalue weighted by Crippen LogP contribution is 2.38. The van der Waals surface area contributed by atoms with Gasteiger partial charge in [0.1, 0.15) is 0 Å². The highest BCUT2D eigenvalue weighted by molar-refractivity contribution is 6.30. The van der Waals surface area contributed by atoms with Gasteiger partial charge in [0.05, 0.1) is 5.92 Å². The number of benzene rings is 1. The Kier molecular flexibility index (Phi) is 4.83. The number of hydrogen-bond acceptors (Lipinski definition) is 2. The average Bonchev–Trinajstić information content (AvgIpc) is 2.42. The van der Waals surface area contributed by atoms with Gasteiger partial charge in [-0.1, -0.05) is 23.7 Å². The maximum atomic E-state index is 11.8. The quantitative estimate of drug-likeness (QED) is 0.891. The van der Waals surface area contributed by atoms with Crippen LogP contribution in [0.2, 0.25) is 5.02 Å². The average molecular weight is 282 g/mol. The van der Waals surface area contributed by atoms with E-state index in [-0.39, 0.29) is 24.3 Å². The first kappa shape index (κ1) is 14.4. The molecule has 1 saturated carbocycles. The van der Waals surface area contributed by atoms with E-state index in [2.05, 4.69) is 0 Å². The zero-order chi connectivity index (χ0) is 13.8. The molecule has 0 spiro atoms. The van der Waals surface area contributed by atoms with E-state index in [1.54, 1.807) is 12.1 Å². The van der Waals surface area contributed by atoms with Crippen molar-refractivity contribution < 1.29 is 9.90 Å². The van der Waals surface area contributed by atoms with Crippen LogP contribution in [0.3, 0.4) is 0 Å². The zero-order valence-corrected chi connectivity index (χ0v) is 11.6. The molecule has 1 aliphatic carbocycles. The van der Waals surface area contributed by atoms with E-state index < -0.39 is 0 Å². The van der Waals surface area contributed by atoms with Crippen molar-refractivity contribution in [1.29, 1.82) is 0 Å². The number of hydrogen-bond donors (Lipinski definition) is 2. The lowest BCUT2D eigenvalue weighted by Gasteiger charge is -2.32. The molecule has 0 radical (unpaired) electrons. The zero-order valence-electron chi connectivity index (χ0n) is 10.9. The molecule has 1 amide bonds. The van der Waals surface area contributed by atoms with Crippen LogP contribution in [-0.2, 0) is 4.79 Å². The third kappa shape index (κ3) is 3.48. The van der Waals surface area contributed by atoms with Gasteiger partial charge in [0.2, 0.25) is 5.91 Å². The van der Waals surface area contributed by atoms with Gasteiger partial charge in [0.15, 0.2) is 0 Å². The number of nitrogens with two attached hydrogens (primary N) is 1. The van der Waals surface area contributed by atoms with Gasteiger partial charge in [-0.3, -0.25) is 4.79 Å². The lowest BCUT2D eigenvalue weighted by Crippen LogP contribution is -2.31. The fourth-order valence-electron chi connectivity index (χ4n) is 3.04. The van der Waals surface area contributed by atoms with Crippen molar-refractivity contribution >= 4 is 17.5 Å². The Bertz CT molecular complexity index is 424. The molecule has 0 aliphatic heterocycles. The van der Waals surface area contributed by atoms with Crippen molar-refractivity contribution in [2.75, 3.05) is 6.61 Å². The summed E-state index contributed by atoms with van der Waals surface area (Å²) < 4.78 is 0. The van der Waals surface area contributed by atoms with E-state index in [0.717, 1.165) is 31.2 Å². The molecular formula is C15H20ClNO2. The topological polar surface area (TPSA) is 63.3 Å². The van der Waals surface area contributed by atoms with Crippen LogP contribution in [0.15, 0.2) is 24.3 Å². The highest BCUT2D eigenvalue weighted by Gasteiger charge is 2.31. The van der Waals surface area contributed by atoms with E-state index in [0.29, 0.717) is 10.9 Å². The summed E-state index contributed by atoms with van der Waals surface area (Å²) in [5.41, 5.74) is 6.53. The van der Waals surface area contributed by atoms with Crippen molar-refractivity contribution in [2.45, 2.75) is 31.6 Å². The standard InChI is InChI=1S/C15H20ClNO2/c16-13-7-5-12(6-8-13)14(15(17)19)11-3-1-10(9-18)2-4-11/h5-8,10-11,14,18H,1-4,9H2,(H2,17,19). The van der Waals surface area contributed by atoms with Crippen LogP contribution >= 0.6 is 11.6 Å². The van der Waals surface area contributed by atoms with Crippen LogP contribution in [0, 0.1) is 11.8 Å². The molecule has 4 heteroatoms. The minimum Gasteiger partial charge on any atom is -0.396 e. The Morgan fingerprint density at radius 3 is 2.32 bits per heavy atom. The number of halogens is 1. The largest absolute Gasteiger partial charge is 0.396 e. The molecule has 3 nitrogen and oxygen atoms in total. The van der Waals surface area contributed by atoms with Gasteiger partial charge in [-0.25, -0.2) is 0 Å². The first-order valence-electron chi connectivity index (χ1n) is 6.77. The SMILES string of the molecule is NC(=O)C(c1ccc(Cl)cc1)C1CCC(CO)CC1. The predicted molar refractivity (Wildman–Crippen MR) is 75.9 cm³/mol. The van der Waals surface area contributed by atoms with Gasteiger partial charge < -0.3 is 10.8 Å². The fraction of sp³-hybridized carbons (Fsp3) is 0.533. The van der Waals surface area contributed by atoms with Crippen LogP contribution in [0.1, 0.15) is 37.2 Å². The molecule has 104 valence electrons. The molecule has 1 fully saturated rings. The van der Waals surface area contributed by atoms with Crippen molar-refractivity contribution in [2.24, 2.45) is 17.6 Å². The second-order valence-corrected chi connectivity index (χ2v) is 5.83. The number of carbonyl (C=O) groups excluding carboxylic acids is 1. The van der Waals surface area contributed by atoms with E-state index in [9.17, 15) is 4.79 Å². The molecule has 3 N–H and O–H groups in total. The minimum atomic E-state index is -0.269. The molecule has 1 atom stereocenters. The summed E-state index contributed by atoms with van der Waals surface area (Å²) in [6.45, 7) is 0.245.